The van der Waals surface area contributed by atoms with Crippen molar-refractivity contribution in [1.29, 1.82) is 0 Å². The van der Waals surface area contributed by atoms with Crippen molar-refractivity contribution in [1.82, 2.24) is 0 Å². The lowest BCUT2D eigenvalue weighted by Gasteiger charge is -2.19. The molecule has 3 rings (SSSR count). The van der Waals surface area contributed by atoms with Crippen LogP contribution in [0.1, 0.15) is 36.1 Å². The molecule has 0 heterocycles. The van der Waals surface area contributed by atoms with Crippen LogP contribution in [0, 0.1) is 0 Å². The standard InChI is InChI=1S/C23H23N/c1-23(2,24)21-15-13-18(14-16-21)17-22(19-9-5-3-6-10-19)20-11-7-4-8-12-20/h3-17H,24H2,1-2H3. The Balaban J connectivity index is 2.04. The summed E-state index contributed by atoms with van der Waals surface area (Å²) >= 11 is 0. The van der Waals surface area contributed by atoms with Crippen LogP contribution in [-0.4, -0.2) is 0 Å². The minimum absolute atomic E-state index is 0.316. The molecule has 0 saturated carbocycles. The van der Waals surface area contributed by atoms with Crippen molar-refractivity contribution < 1.29 is 0 Å². The van der Waals surface area contributed by atoms with Gasteiger partial charge in [0, 0.05) is 5.54 Å². The Kier molecular flexibility index (Phi) is 4.64. The van der Waals surface area contributed by atoms with E-state index in [0.29, 0.717) is 0 Å². The van der Waals surface area contributed by atoms with Gasteiger partial charge in [-0.15, -0.1) is 0 Å². The van der Waals surface area contributed by atoms with Crippen LogP contribution in [0.5, 0.6) is 0 Å². The van der Waals surface area contributed by atoms with Crippen molar-refractivity contribution in [2.45, 2.75) is 19.4 Å². The first kappa shape index (κ1) is 16.2. The summed E-state index contributed by atoms with van der Waals surface area (Å²) in [7, 11) is 0. The Morgan fingerprint density at radius 1 is 0.708 bits per heavy atom. The van der Waals surface area contributed by atoms with Crippen molar-refractivity contribution in [3.05, 3.63) is 107 Å². The molecule has 3 aromatic rings. The van der Waals surface area contributed by atoms with Gasteiger partial charge in [-0.2, -0.15) is 0 Å². The molecule has 0 atom stereocenters. The van der Waals surface area contributed by atoms with E-state index in [1.807, 2.05) is 26.0 Å². The van der Waals surface area contributed by atoms with Crippen molar-refractivity contribution in [3.8, 4) is 0 Å². The van der Waals surface area contributed by atoms with Crippen LogP contribution in [0.2, 0.25) is 0 Å². The summed E-state index contributed by atoms with van der Waals surface area (Å²) in [6, 6.07) is 29.5. The maximum Gasteiger partial charge on any atom is 0.0352 e. The lowest BCUT2D eigenvalue weighted by molar-refractivity contribution is 0.554. The third-order valence-electron chi connectivity index (χ3n) is 4.14. The molecule has 0 saturated heterocycles. The van der Waals surface area contributed by atoms with Gasteiger partial charge in [-0.3, -0.25) is 0 Å². The molecule has 1 heteroatoms. The Morgan fingerprint density at radius 3 is 1.58 bits per heavy atom. The zero-order chi connectivity index (χ0) is 17.0. The minimum atomic E-state index is -0.316. The third kappa shape index (κ3) is 3.81. The van der Waals surface area contributed by atoms with Gasteiger partial charge < -0.3 is 5.73 Å². The molecule has 3 aromatic carbocycles. The van der Waals surface area contributed by atoms with Gasteiger partial charge in [-0.1, -0.05) is 84.9 Å². The van der Waals surface area contributed by atoms with Crippen LogP contribution >= 0.6 is 0 Å². The summed E-state index contributed by atoms with van der Waals surface area (Å²) < 4.78 is 0. The molecule has 0 radical (unpaired) electrons. The van der Waals surface area contributed by atoms with Crippen molar-refractivity contribution in [2.75, 3.05) is 0 Å². The molecular weight excluding hydrogens is 290 g/mol. The zero-order valence-electron chi connectivity index (χ0n) is 14.2. The van der Waals surface area contributed by atoms with E-state index < -0.39 is 0 Å². The first-order valence-electron chi connectivity index (χ1n) is 8.26. The highest BCUT2D eigenvalue weighted by atomic mass is 14.7. The second-order valence-electron chi connectivity index (χ2n) is 6.63. The average molecular weight is 313 g/mol. The molecule has 0 fully saturated rings. The van der Waals surface area contributed by atoms with E-state index in [2.05, 4.69) is 78.9 Å². The summed E-state index contributed by atoms with van der Waals surface area (Å²) in [5.74, 6) is 0. The van der Waals surface area contributed by atoms with Gasteiger partial charge >= 0.3 is 0 Å². The molecule has 0 aliphatic carbocycles. The van der Waals surface area contributed by atoms with E-state index in [4.69, 9.17) is 5.73 Å². The quantitative estimate of drug-likeness (QED) is 0.635. The van der Waals surface area contributed by atoms with Gasteiger partial charge in [0.2, 0.25) is 0 Å². The van der Waals surface area contributed by atoms with Crippen LogP contribution in [0.25, 0.3) is 11.6 Å². The Morgan fingerprint density at radius 2 is 1.17 bits per heavy atom. The predicted octanol–water partition coefficient (Wildman–Crippen LogP) is 5.47. The van der Waals surface area contributed by atoms with Gasteiger partial charge in [-0.25, -0.2) is 0 Å². The topological polar surface area (TPSA) is 26.0 Å². The molecular formula is C23H23N. The molecule has 0 aliphatic rings. The number of nitrogens with two attached hydrogens (primary N) is 1. The summed E-state index contributed by atoms with van der Waals surface area (Å²) in [6.07, 6.45) is 2.23. The zero-order valence-corrected chi connectivity index (χ0v) is 14.2. The highest BCUT2D eigenvalue weighted by Crippen LogP contribution is 2.26. The maximum absolute atomic E-state index is 6.17. The molecule has 0 unspecified atom stereocenters. The molecule has 120 valence electrons. The minimum Gasteiger partial charge on any atom is -0.322 e. The van der Waals surface area contributed by atoms with Crippen molar-refractivity contribution in [2.24, 2.45) is 5.73 Å². The summed E-state index contributed by atoms with van der Waals surface area (Å²) in [5, 5.41) is 0. The predicted molar refractivity (Wildman–Crippen MR) is 104 cm³/mol. The van der Waals surface area contributed by atoms with Crippen LogP contribution in [0.4, 0.5) is 0 Å². The Bertz CT molecular complexity index is 766. The number of hydrogen-bond acceptors (Lipinski definition) is 1. The van der Waals surface area contributed by atoms with E-state index in [0.717, 1.165) is 5.56 Å². The fourth-order valence-electron chi connectivity index (χ4n) is 2.74. The van der Waals surface area contributed by atoms with Gasteiger partial charge in [0.25, 0.3) is 0 Å². The first-order chi connectivity index (χ1) is 11.5. The van der Waals surface area contributed by atoms with Crippen LogP contribution in [0.3, 0.4) is 0 Å². The van der Waals surface area contributed by atoms with Crippen LogP contribution in [0.15, 0.2) is 84.9 Å². The van der Waals surface area contributed by atoms with Gasteiger partial charge in [-0.05, 0) is 47.8 Å². The summed E-state index contributed by atoms with van der Waals surface area (Å²) in [5.41, 5.74) is 11.8. The first-order valence-corrected chi connectivity index (χ1v) is 8.26. The smallest absolute Gasteiger partial charge is 0.0352 e. The van der Waals surface area contributed by atoms with Gasteiger partial charge in [0.05, 0.1) is 0 Å². The van der Waals surface area contributed by atoms with E-state index in [-0.39, 0.29) is 5.54 Å². The van der Waals surface area contributed by atoms with E-state index >= 15 is 0 Å². The average Bonchev–Trinajstić information content (AvgIpc) is 2.61. The van der Waals surface area contributed by atoms with Crippen molar-refractivity contribution in [3.63, 3.8) is 0 Å². The van der Waals surface area contributed by atoms with E-state index in [1.54, 1.807) is 0 Å². The van der Waals surface area contributed by atoms with Gasteiger partial charge in [0.15, 0.2) is 0 Å². The highest BCUT2D eigenvalue weighted by Gasteiger charge is 2.13. The lowest BCUT2D eigenvalue weighted by Crippen LogP contribution is -2.28. The molecule has 0 amide bonds. The summed E-state index contributed by atoms with van der Waals surface area (Å²) in [4.78, 5) is 0. The largest absolute Gasteiger partial charge is 0.322 e. The third-order valence-corrected chi connectivity index (χ3v) is 4.14. The second-order valence-corrected chi connectivity index (χ2v) is 6.63. The molecule has 24 heavy (non-hydrogen) atoms. The molecule has 1 nitrogen and oxygen atoms in total. The van der Waals surface area contributed by atoms with E-state index in [1.165, 1.54) is 22.3 Å². The normalized spacial score (nSPS) is 11.1. The van der Waals surface area contributed by atoms with Crippen molar-refractivity contribution >= 4 is 11.6 Å². The molecule has 0 bridgehead atoms. The Labute approximate surface area is 144 Å². The summed E-state index contributed by atoms with van der Waals surface area (Å²) in [6.45, 7) is 4.05. The Hall–Kier alpha value is -2.64. The maximum atomic E-state index is 6.17. The second kappa shape index (κ2) is 6.86. The number of benzene rings is 3. The fourth-order valence-corrected chi connectivity index (χ4v) is 2.74. The molecule has 2 N–H and O–H groups in total. The van der Waals surface area contributed by atoms with E-state index in [9.17, 15) is 0 Å². The van der Waals surface area contributed by atoms with Crippen LogP contribution < -0.4 is 5.73 Å². The lowest BCUT2D eigenvalue weighted by atomic mass is 9.93. The number of rotatable bonds is 4. The highest BCUT2D eigenvalue weighted by molar-refractivity contribution is 5.91. The molecule has 0 aliphatic heterocycles. The number of hydrogen-bond donors (Lipinski definition) is 1. The fraction of sp³-hybridized carbons (Fsp3) is 0.130. The molecule has 0 spiro atoms. The monoisotopic (exact) mass is 313 g/mol. The van der Waals surface area contributed by atoms with Gasteiger partial charge in [0.1, 0.15) is 0 Å². The molecule has 0 aromatic heterocycles. The van der Waals surface area contributed by atoms with Crippen LogP contribution in [-0.2, 0) is 5.54 Å². The SMILES string of the molecule is CC(C)(N)c1ccc(C=C(c2ccccc2)c2ccccc2)cc1.